The van der Waals surface area contributed by atoms with Crippen molar-refractivity contribution in [2.45, 2.75) is 25.8 Å². The highest BCUT2D eigenvalue weighted by atomic mass is 15.4. The van der Waals surface area contributed by atoms with Gasteiger partial charge in [-0.3, -0.25) is 0 Å². The van der Waals surface area contributed by atoms with Crippen LogP contribution in [0, 0.1) is 5.92 Å². The molecule has 5 heteroatoms. The van der Waals surface area contributed by atoms with Gasteiger partial charge in [0.1, 0.15) is 0 Å². The molecule has 2 aromatic heterocycles. The van der Waals surface area contributed by atoms with E-state index in [0.717, 1.165) is 30.4 Å². The van der Waals surface area contributed by atoms with Crippen molar-refractivity contribution in [1.82, 2.24) is 25.1 Å². The van der Waals surface area contributed by atoms with E-state index in [4.69, 9.17) is 0 Å². The molecule has 5 nitrogen and oxygen atoms in total. The second-order valence-electron chi connectivity index (χ2n) is 4.49. The molecular weight excluding hydrogens is 202 g/mol. The third-order valence-corrected chi connectivity index (χ3v) is 3.18. The fourth-order valence-corrected chi connectivity index (χ4v) is 2.28. The molecule has 0 amide bonds. The Bertz CT molecular complexity index is 492. The molecule has 0 aliphatic carbocycles. The highest BCUT2D eigenvalue weighted by Crippen LogP contribution is 2.25. The van der Waals surface area contributed by atoms with Crippen LogP contribution in [0.2, 0.25) is 0 Å². The number of aromatic nitrogens is 4. The zero-order valence-corrected chi connectivity index (χ0v) is 9.30. The van der Waals surface area contributed by atoms with Crippen molar-refractivity contribution in [2.75, 3.05) is 6.54 Å². The topological polar surface area (TPSA) is 55.1 Å². The second-order valence-corrected chi connectivity index (χ2v) is 4.49. The third-order valence-electron chi connectivity index (χ3n) is 3.18. The molecule has 3 heterocycles. The summed E-state index contributed by atoms with van der Waals surface area (Å²) in [7, 11) is 0. The highest BCUT2D eigenvalue weighted by Gasteiger charge is 2.24. The summed E-state index contributed by atoms with van der Waals surface area (Å²) in [5.74, 6) is 1.67. The Labute approximate surface area is 93.9 Å². The van der Waals surface area contributed by atoms with Crippen LogP contribution in [-0.2, 0) is 0 Å². The Morgan fingerprint density at radius 3 is 3.25 bits per heavy atom. The molecule has 0 spiro atoms. The van der Waals surface area contributed by atoms with E-state index in [1.54, 1.807) is 6.20 Å². The average molecular weight is 217 g/mol. The molecule has 1 aliphatic rings. The summed E-state index contributed by atoms with van der Waals surface area (Å²) in [6.45, 7) is 3.33. The van der Waals surface area contributed by atoms with Gasteiger partial charge in [-0.15, -0.1) is 10.2 Å². The SMILES string of the molecule is CC1CCNC(c2nnc3cccnn23)C1. The van der Waals surface area contributed by atoms with Crippen LogP contribution in [0.25, 0.3) is 5.65 Å². The van der Waals surface area contributed by atoms with Gasteiger partial charge in [0.05, 0.1) is 6.04 Å². The van der Waals surface area contributed by atoms with Gasteiger partial charge in [0.25, 0.3) is 0 Å². The number of piperidine rings is 1. The van der Waals surface area contributed by atoms with Gasteiger partial charge in [-0.25, -0.2) is 0 Å². The highest BCUT2D eigenvalue weighted by molar-refractivity contribution is 5.35. The first-order valence-corrected chi connectivity index (χ1v) is 5.74. The quantitative estimate of drug-likeness (QED) is 0.779. The summed E-state index contributed by atoms with van der Waals surface area (Å²) in [6, 6.07) is 4.09. The van der Waals surface area contributed by atoms with Gasteiger partial charge in [-0.2, -0.15) is 9.61 Å². The summed E-state index contributed by atoms with van der Waals surface area (Å²) in [6.07, 6.45) is 4.12. The van der Waals surface area contributed by atoms with Gasteiger partial charge in [0.2, 0.25) is 0 Å². The zero-order valence-electron chi connectivity index (χ0n) is 9.30. The maximum Gasteiger partial charge on any atom is 0.177 e. The molecule has 3 rings (SSSR count). The normalized spacial score (nSPS) is 26.1. The summed E-state index contributed by atoms with van der Waals surface area (Å²) in [5, 5.41) is 16.1. The largest absolute Gasteiger partial charge is 0.307 e. The Morgan fingerprint density at radius 1 is 1.44 bits per heavy atom. The fraction of sp³-hybridized carbons (Fsp3) is 0.545. The van der Waals surface area contributed by atoms with Crippen molar-refractivity contribution in [3.8, 4) is 0 Å². The zero-order chi connectivity index (χ0) is 11.0. The molecule has 84 valence electrons. The van der Waals surface area contributed by atoms with E-state index in [-0.39, 0.29) is 6.04 Å². The van der Waals surface area contributed by atoms with Crippen molar-refractivity contribution in [2.24, 2.45) is 5.92 Å². The molecular formula is C11H15N5. The molecule has 0 bridgehead atoms. The maximum atomic E-state index is 4.29. The number of fused-ring (bicyclic) bond motifs is 1. The van der Waals surface area contributed by atoms with E-state index in [9.17, 15) is 0 Å². The molecule has 16 heavy (non-hydrogen) atoms. The molecule has 0 saturated carbocycles. The van der Waals surface area contributed by atoms with Crippen LogP contribution in [0.15, 0.2) is 18.3 Å². The van der Waals surface area contributed by atoms with Crippen molar-refractivity contribution in [1.29, 1.82) is 0 Å². The van der Waals surface area contributed by atoms with Crippen LogP contribution < -0.4 is 5.32 Å². The Morgan fingerprint density at radius 2 is 2.38 bits per heavy atom. The molecule has 1 fully saturated rings. The predicted octanol–water partition coefficient (Wildman–Crippen LogP) is 1.18. The van der Waals surface area contributed by atoms with Crippen molar-refractivity contribution >= 4 is 5.65 Å². The Hall–Kier alpha value is -1.49. The molecule has 1 saturated heterocycles. The first-order valence-electron chi connectivity index (χ1n) is 5.74. The predicted molar refractivity (Wildman–Crippen MR) is 59.9 cm³/mol. The Kier molecular flexibility index (Phi) is 2.32. The minimum atomic E-state index is 0.286. The van der Waals surface area contributed by atoms with Crippen LogP contribution in [0.3, 0.4) is 0 Å². The first-order chi connectivity index (χ1) is 7.84. The summed E-state index contributed by atoms with van der Waals surface area (Å²) in [5.41, 5.74) is 0.817. The number of rotatable bonds is 1. The molecule has 2 atom stereocenters. The molecule has 0 radical (unpaired) electrons. The van der Waals surface area contributed by atoms with Gasteiger partial charge in [-0.05, 0) is 37.4 Å². The van der Waals surface area contributed by atoms with E-state index in [0.29, 0.717) is 0 Å². The van der Waals surface area contributed by atoms with Crippen molar-refractivity contribution < 1.29 is 0 Å². The van der Waals surface area contributed by atoms with Gasteiger partial charge < -0.3 is 5.32 Å². The van der Waals surface area contributed by atoms with Crippen LogP contribution in [0.1, 0.15) is 31.6 Å². The van der Waals surface area contributed by atoms with Crippen LogP contribution in [-0.4, -0.2) is 26.4 Å². The van der Waals surface area contributed by atoms with Gasteiger partial charge in [-0.1, -0.05) is 6.92 Å². The van der Waals surface area contributed by atoms with Crippen molar-refractivity contribution in [3.63, 3.8) is 0 Å². The Balaban J connectivity index is 1.99. The van der Waals surface area contributed by atoms with Gasteiger partial charge in [0, 0.05) is 6.20 Å². The number of nitrogens with one attached hydrogen (secondary N) is 1. The standard InChI is InChI=1S/C11H15N5/c1-8-4-6-12-9(7-8)11-15-14-10-3-2-5-13-16(10)11/h2-3,5,8-9,12H,4,6-7H2,1H3. The maximum absolute atomic E-state index is 4.29. The van der Waals surface area contributed by atoms with Crippen LogP contribution in [0.5, 0.6) is 0 Å². The van der Waals surface area contributed by atoms with Crippen LogP contribution >= 0.6 is 0 Å². The number of hydrogen-bond acceptors (Lipinski definition) is 4. The summed E-state index contributed by atoms with van der Waals surface area (Å²) >= 11 is 0. The third kappa shape index (κ3) is 1.57. The van der Waals surface area contributed by atoms with Gasteiger partial charge in [0.15, 0.2) is 11.5 Å². The first kappa shape index (κ1) is 9.72. The van der Waals surface area contributed by atoms with Crippen molar-refractivity contribution in [3.05, 3.63) is 24.2 Å². The van der Waals surface area contributed by atoms with Gasteiger partial charge >= 0.3 is 0 Å². The van der Waals surface area contributed by atoms with E-state index >= 15 is 0 Å². The molecule has 1 N–H and O–H groups in total. The monoisotopic (exact) mass is 217 g/mol. The lowest BCUT2D eigenvalue weighted by atomic mass is 9.94. The average Bonchev–Trinajstić information content (AvgIpc) is 2.72. The van der Waals surface area contributed by atoms with E-state index in [2.05, 4.69) is 27.5 Å². The minimum Gasteiger partial charge on any atom is -0.307 e. The molecule has 2 unspecified atom stereocenters. The fourth-order valence-electron chi connectivity index (χ4n) is 2.28. The summed E-state index contributed by atoms with van der Waals surface area (Å²) < 4.78 is 1.83. The molecule has 0 aromatic carbocycles. The lowest BCUT2D eigenvalue weighted by Crippen LogP contribution is -2.32. The summed E-state index contributed by atoms with van der Waals surface area (Å²) in [4.78, 5) is 0. The smallest absolute Gasteiger partial charge is 0.177 e. The number of nitrogens with zero attached hydrogens (tertiary/aromatic N) is 4. The molecule has 2 aromatic rings. The van der Waals surface area contributed by atoms with E-state index in [1.165, 1.54) is 6.42 Å². The lowest BCUT2D eigenvalue weighted by Gasteiger charge is -2.26. The van der Waals surface area contributed by atoms with E-state index in [1.807, 2.05) is 16.6 Å². The molecule has 1 aliphatic heterocycles. The van der Waals surface area contributed by atoms with E-state index < -0.39 is 0 Å². The van der Waals surface area contributed by atoms with Crippen LogP contribution in [0.4, 0.5) is 0 Å². The number of hydrogen-bond donors (Lipinski definition) is 1. The lowest BCUT2D eigenvalue weighted by molar-refractivity contribution is 0.312. The minimum absolute atomic E-state index is 0.286. The second kappa shape index (κ2) is 3.83.